The van der Waals surface area contributed by atoms with Gasteiger partial charge in [0.1, 0.15) is 17.3 Å². The van der Waals surface area contributed by atoms with Crippen LogP contribution in [0.3, 0.4) is 0 Å². The standard InChI is InChI=1S/C23H27NO9/c1-13(2)18(27)21(30)22(11-25,12-26)23(19(28)14(3)4,20(29)15(5)6)33-17-9-7-16(8-10-17)24(31)32/h7-10,18,25-27H,1,3,5,11-12H2,2,4,6H3. The van der Waals surface area contributed by atoms with Gasteiger partial charge < -0.3 is 20.1 Å². The number of Topliss-reactive ketones (excluding diaryl/α,β-unsaturated/α-hetero) is 3. The minimum absolute atomic E-state index is 0.0824. The first-order chi connectivity index (χ1) is 15.2. The molecule has 1 atom stereocenters. The summed E-state index contributed by atoms with van der Waals surface area (Å²) in [5.74, 6) is -3.90. The van der Waals surface area contributed by atoms with E-state index < -0.39 is 52.6 Å². The highest BCUT2D eigenvalue weighted by atomic mass is 16.6. The fourth-order valence-corrected chi connectivity index (χ4v) is 3.23. The number of benzene rings is 1. The van der Waals surface area contributed by atoms with Gasteiger partial charge in [0, 0.05) is 12.1 Å². The third-order valence-electron chi connectivity index (χ3n) is 5.13. The summed E-state index contributed by atoms with van der Waals surface area (Å²) < 4.78 is 5.76. The van der Waals surface area contributed by atoms with E-state index in [0.29, 0.717) is 0 Å². The molecule has 0 aliphatic rings. The van der Waals surface area contributed by atoms with Crippen LogP contribution in [0.25, 0.3) is 0 Å². The first-order valence-corrected chi connectivity index (χ1v) is 9.67. The fourth-order valence-electron chi connectivity index (χ4n) is 3.23. The molecule has 0 amide bonds. The zero-order valence-electron chi connectivity index (χ0n) is 18.7. The van der Waals surface area contributed by atoms with Crippen molar-refractivity contribution in [3.8, 4) is 5.75 Å². The van der Waals surface area contributed by atoms with E-state index in [2.05, 4.69) is 19.7 Å². The number of aliphatic hydroxyl groups excluding tert-OH is 3. The van der Waals surface area contributed by atoms with Crippen LogP contribution < -0.4 is 4.74 Å². The van der Waals surface area contributed by atoms with Crippen molar-refractivity contribution < 1.29 is 39.4 Å². The van der Waals surface area contributed by atoms with Crippen molar-refractivity contribution in [2.75, 3.05) is 13.2 Å². The Hall–Kier alpha value is -3.47. The molecule has 0 aliphatic carbocycles. The Morgan fingerprint density at radius 2 is 1.42 bits per heavy atom. The number of nitro groups is 1. The molecule has 1 aromatic carbocycles. The second-order valence-corrected chi connectivity index (χ2v) is 7.76. The number of ether oxygens (including phenoxy) is 1. The third kappa shape index (κ3) is 4.82. The van der Waals surface area contributed by atoms with Gasteiger partial charge in [-0.2, -0.15) is 0 Å². The van der Waals surface area contributed by atoms with Crippen LogP contribution in [0.15, 0.2) is 60.7 Å². The van der Waals surface area contributed by atoms with Crippen LogP contribution in [0, 0.1) is 15.5 Å². The molecule has 0 bridgehead atoms. The van der Waals surface area contributed by atoms with Crippen molar-refractivity contribution in [3.63, 3.8) is 0 Å². The average molecular weight is 461 g/mol. The molecule has 178 valence electrons. The molecule has 1 aromatic rings. The number of carbonyl (C=O) groups excluding carboxylic acids is 3. The molecule has 0 radical (unpaired) electrons. The summed E-state index contributed by atoms with van der Waals surface area (Å²) in [4.78, 5) is 50.6. The van der Waals surface area contributed by atoms with Gasteiger partial charge in [0.2, 0.25) is 17.2 Å². The number of hydrogen-bond donors (Lipinski definition) is 3. The normalized spacial score (nSPS) is 12.4. The van der Waals surface area contributed by atoms with Crippen molar-refractivity contribution in [1.82, 2.24) is 0 Å². The molecule has 1 rings (SSSR count). The summed E-state index contributed by atoms with van der Waals surface area (Å²) in [6.45, 7) is 11.6. The number of rotatable bonds is 13. The summed E-state index contributed by atoms with van der Waals surface area (Å²) >= 11 is 0. The largest absolute Gasteiger partial charge is 0.470 e. The van der Waals surface area contributed by atoms with E-state index in [1.807, 2.05) is 0 Å². The van der Waals surface area contributed by atoms with E-state index in [4.69, 9.17) is 4.74 Å². The van der Waals surface area contributed by atoms with E-state index >= 15 is 0 Å². The zero-order valence-corrected chi connectivity index (χ0v) is 18.7. The fraction of sp³-hybridized carbons (Fsp3) is 0.348. The van der Waals surface area contributed by atoms with Crippen LogP contribution in [0.1, 0.15) is 20.8 Å². The van der Waals surface area contributed by atoms with E-state index in [-0.39, 0.29) is 28.2 Å². The van der Waals surface area contributed by atoms with Gasteiger partial charge in [-0.1, -0.05) is 19.7 Å². The summed E-state index contributed by atoms with van der Waals surface area (Å²) in [5, 5.41) is 42.0. The Morgan fingerprint density at radius 1 is 1.00 bits per heavy atom. The van der Waals surface area contributed by atoms with E-state index in [0.717, 1.165) is 24.3 Å². The number of ketones is 3. The molecule has 0 saturated carbocycles. The Balaban J connectivity index is 4.06. The van der Waals surface area contributed by atoms with Gasteiger partial charge in [-0.3, -0.25) is 24.5 Å². The highest BCUT2D eigenvalue weighted by Gasteiger charge is 2.67. The molecule has 0 spiro atoms. The lowest BCUT2D eigenvalue weighted by atomic mass is 9.62. The van der Waals surface area contributed by atoms with Gasteiger partial charge in [0.25, 0.3) is 5.69 Å². The first-order valence-electron chi connectivity index (χ1n) is 9.67. The number of aliphatic hydroxyl groups is 3. The number of carbonyl (C=O) groups is 3. The lowest BCUT2D eigenvalue weighted by Crippen LogP contribution is -2.71. The Morgan fingerprint density at radius 3 is 1.73 bits per heavy atom. The number of non-ortho nitro benzene ring substituents is 1. The van der Waals surface area contributed by atoms with Crippen LogP contribution >= 0.6 is 0 Å². The molecule has 10 nitrogen and oxygen atoms in total. The average Bonchev–Trinajstić information content (AvgIpc) is 2.77. The van der Waals surface area contributed by atoms with Gasteiger partial charge in [0.15, 0.2) is 5.78 Å². The molecule has 33 heavy (non-hydrogen) atoms. The molecule has 0 saturated heterocycles. The predicted molar refractivity (Wildman–Crippen MR) is 119 cm³/mol. The van der Waals surface area contributed by atoms with Crippen LogP contribution in [0.2, 0.25) is 0 Å². The summed E-state index contributed by atoms with van der Waals surface area (Å²) in [5.41, 5.74) is -6.60. The molecular weight excluding hydrogens is 434 g/mol. The number of nitro benzene ring substituents is 1. The molecule has 0 fully saturated rings. The maximum Gasteiger partial charge on any atom is 0.269 e. The molecule has 1 unspecified atom stereocenters. The molecular formula is C23H27NO9. The van der Waals surface area contributed by atoms with Gasteiger partial charge in [-0.15, -0.1) is 0 Å². The zero-order chi connectivity index (χ0) is 25.7. The van der Waals surface area contributed by atoms with E-state index in [1.54, 1.807) is 0 Å². The highest BCUT2D eigenvalue weighted by molar-refractivity contribution is 6.25. The lowest BCUT2D eigenvalue weighted by Gasteiger charge is -2.45. The molecule has 0 heterocycles. The third-order valence-corrected chi connectivity index (χ3v) is 5.13. The maximum atomic E-state index is 13.5. The molecule has 0 aliphatic heterocycles. The van der Waals surface area contributed by atoms with Crippen molar-refractivity contribution >= 4 is 23.0 Å². The van der Waals surface area contributed by atoms with Gasteiger partial charge >= 0.3 is 0 Å². The Kier molecular flexibility index (Phi) is 8.71. The molecule has 0 aromatic heterocycles. The van der Waals surface area contributed by atoms with Gasteiger partial charge in [-0.25, -0.2) is 0 Å². The topological polar surface area (TPSA) is 164 Å². The van der Waals surface area contributed by atoms with Gasteiger partial charge in [-0.05, 0) is 49.6 Å². The minimum atomic E-state index is -2.95. The summed E-state index contributed by atoms with van der Waals surface area (Å²) in [7, 11) is 0. The lowest BCUT2D eigenvalue weighted by molar-refractivity contribution is -0.384. The second-order valence-electron chi connectivity index (χ2n) is 7.76. The number of nitrogens with zero attached hydrogens (tertiary/aromatic N) is 1. The Labute approximate surface area is 190 Å². The van der Waals surface area contributed by atoms with Crippen LogP contribution in [0.5, 0.6) is 5.75 Å². The van der Waals surface area contributed by atoms with E-state index in [1.165, 1.54) is 20.8 Å². The van der Waals surface area contributed by atoms with Crippen molar-refractivity contribution in [2.45, 2.75) is 32.5 Å². The van der Waals surface area contributed by atoms with Crippen LogP contribution in [-0.4, -0.2) is 62.5 Å². The summed E-state index contributed by atoms with van der Waals surface area (Å²) in [6.07, 6.45) is -1.97. The van der Waals surface area contributed by atoms with Crippen LogP contribution in [-0.2, 0) is 14.4 Å². The molecule has 10 heteroatoms. The second kappa shape index (κ2) is 10.4. The Bertz CT molecular complexity index is 977. The van der Waals surface area contributed by atoms with Gasteiger partial charge in [0.05, 0.1) is 18.1 Å². The van der Waals surface area contributed by atoms with Crippen molar-refractivity contribution in [1.29, 1.82) is 0 Å². The molecule has 3 N–H and O–H groups in total. The maximum absolute atomic E-state index is 13.5. The SMILES string of the molecule is C=C(C)C(=O)C(Oc1ccc([N+](=O)[O-])cc1)(C(=O)C(=C)C)C(CO)(CO)C(=O)C(O)C(=C)C. The minimum Gasteiger partial charge on any atom is -0.470 e. The highest BCUT2D eigenvalue weighted by Crippen LogP contribution is 2.42. The van der Waals surface area contributed by atoms with E-state index in [9.17, 15) is 39.8 Å². The smallest absolute Gasteiger partial charge is 0.269 e. The van der Waals surface area contributed by atoms with Crippen molar-refractivity contribution in [3.05, 3.63) is 70.8 Å². The number of hydrogen-bond acceptors (Lipinski definition) is 9. The monoisotopic (exact) mass is 461 g/mol. The quantitative estimate of drug-likeness (QED) is 0.130. The van der Waals surface area contributed by atoms with Crippen molar-refractivity contribution in [2.24, 2.45) is 5.41 Å². The van der Waals surface area contributed by atoms with Crippen LogP contribution in [0.4, 0.5) is 5.69 Å². The first kappa shape index (κ1) is 27.6. The summed E-state index contributed by atoms with van der Waals surface area (Å²) in [6, 6.07) is 4.20. The predicted octanol–water partition coefficient (Wildman–Crippen LogP) is 1.48.